The molecule has 0 saturated carbocycles. The molecule has 1 aromatic heterocycles. The Hall–Kier alpha value is -3.37. The van der Waals surface area contributed by atoms with Crippen LogP contribution in [0.5, 0.6) is 11.5 Å². The van der Waals surface area contributed by atoms with Gasteiger partial charge in [-0.25, -0.2) is 5.43 Å². The second kappa shape index (κ2) is 10.8. The Labute approximate surface area is 197 Å². The van der Waals surface area contributed by atoms with Gasteiger partial charge < -0.3 is 15.2 Å². The summed E-state index contributed by atoms with van der Waals surface area (Å²) in [6, 6.07) is 12.3. The molecule has 9 nitrogen and oxygen atoms in total. The molecule has 0 spiro atoms. The van der Waals surface area contributed by atoms with Crippen LogP contribution < -0.4 is 20.6 Å². The normalized spacial score (nSPS) is 10.8. The van der Waals surface area contributed by atoms with Crippen LogP contribution in [0.15, 0.2) is 58.2 Å². The Morgan fingerprint density at radius 2 is 2.00 bits per heavy atom. The minimum absolute atomic E-state index is 0.191. The van der Waals surface area contributed by atoms with Crippen LogP contribution in [-0.2, 0) is 11.3 Å². The fourth-order valence-corrected chi connectivity index (χ4v) is 3.28. The summed E-state index contributed by atoms with van der Waals surface area (Å²) in [5.74, 6) is -0.339. The summed E-state index contributed by atoms with van der Waals surface area (Å²) in [6.07, 6.45) is 3.13. The number of aromatic nitrogens is 2. The number of hydrogen-bond donors (Lipinski definition) is 2. The lowest BCUT2D eigenvalue weighted by Crippen LogP contribution is -2.20. The van der Waals surface area contributed by atoms with E-state index in [0.717, 1.165) is 5.56 Å². The Balaban J connectivity index is 1.65. The zero-order chi connectivity index (χ0) is 23.1. The maximum absolute atomic E-state index is 12.5. The van der Waals surface area contributed by atoms with Crippen LogP contribution in [0.2, 0.25) is 5.02 Å². The lowest BCUT2D eigenvalue weighted by molar-refractivity contribution is -0.119. The number of halogens is 2. The molecule has 0 fully saturated rings. The van der Waals surface area contributed by atoms with Gasteiger partial charge in [0.15, 0.2) is 23.8 Å². The van der Waals surface area contributed by atoms with Gasteiger partial charge in [0.1, 0.15) is 0 Å². The van der Waals surface area contributed by atoms with Gasteiger partial charge in [-0.2, -0.15) is 10.2 Å². The highest BCUT2D eigenvalue weighted by atomic mass is 79.9. The Kier molecular flexibility index (Phi) is 7.85. The minimum atomic E-state index is -0.612. The zero-order valence-corrected chi connectivity index (χ0v) is 19.3. The molecular formula is C21H19BrClN5O4. The Morgan fingerprint density at radius 1 is 1.25 bits per heavy atom. The first-order valence-electron chi connectivity index (χ1n) is 9.25. The Bertz CT molecular complexity index is 1150. The van der Waals surface area contributed by atoms with Crippen LogP contribution in [0.3, 0.4) is 0 Å². The second-order valence-corrected chi connectivity index (χ2v) is 7.80. The molecule has 0 aliphatic heterocycles. The predicted octanol–water partition coefficient (Wildman–Crippen LogP) is 2.98. The number of rotatable bonds is 9. The van der Waals surface area contributed by atoms with Crippen LogP contribution in [0.25, 0.3) is 0 Å². The monoisotopic (exact) mass is 519 g/mol. The molecule has 0 aliphatic rings. The van der Waals surface area contributed by atoms with Crippen molar-refractivity contribution in [1.82, 2.24) is 15.2 Å². The van der Waals surface area contributed by atoms with E-state index in [1.807, 2.05) is 12.1 Å². The molecule has 11 heteroatoms. The molecule has 0 unspecified atom stereocenters. The third-order valence-electron chi connectivity index (χ3n) is 4.13. The number of carbonyl (C=O) groups is 2. The fraction of sp³-hybridized carbons (Fsp3) is 0.143. The van der Waals surface area contributed by atoms with E-state index in [1.54, 1.807) is 41.2 Å². The number of nitrogens with two attached hydrogens (primary N) is 1. The highest BCUT2D eigenvalue weighted by Gasteiger charge is 2.15. The van der Waals surface area contributed by atoms with E-state index < -0.39 is 11.8 Å². The summed E-state index contributed by atoms with van der Waals surface area (Å²) in [7, 11) is 1.48. The van der Waals surface area contributed by atoms with Crippen molar-refractivity contribution in [3.63, 3.8) is 0 Å². The standard InChI is InChI=1S/C21H19BrClN5O4/c1-31-17-7-4-14(8-18(17)32-12-19(24)29)9-25-26-21(30)20-16(22)11-28(27-20)10-13-2-5-15(23)6-3-13/h2-9,11H,10,12H2,1H3,(H2,24,29)(H,26,30). The summed E-state index contributed by atoms with van der Waals surface area (Å²) in [6.45, 7) is 0.187. The number of hydrogen-bond acceptors (Lipinski definition) is 6. The summed E-state index contributed by atoms with van der Waals surface area (Å²) < 4.78 is 12.7. The smallest absolute Gasteiger partial charge is 0.293 e. The van der Waals surface area contributed by atoms with Gasteiger partial charge in [-0.15, -0.1) is 0 Å². The number of nitrogens with zero attached hydrogens (tertiary/aromatic N) is 3. The third-order valence-corrected chi connectivity index (χ3v) is 4.96. The van der Waals surface area contributed by atoms with Gasteiger partial charge in [0.25, 0.3) is 11.8 Å². The van der Waals surface area contributed by atoms with E-state index in [0.29, 0.717) is 33.1 Å². The van der Waals surface area contributed by atoms with Crippen molar-refractivity contribution in [3.05, 3.63) is 75.0 Å². The SMILES string of the molecule is COc1ccc(C=NNC(=O)c2nn(Cc3ccc(Cl)cc3)cc2Br)cc1OCC(N)=O. The molecule has 0 atom stereocenters. The molecule has 166 valence electrons. The Morgan fingerprint density at radius 3 is 2.69 bits per heavy atom. The molecule has 2 aromatic carbocycles. The van der Waals surface area contributed by atoms with E-state index in [2.05, 4.69) is 31.6 Å². The van der Waals surface area contributed by atoms with Crippen LogP contribution >= 0.6 is 27.5 Å². The maximum Gasteiger partial charge on any atom is 0.293 e. The number of carbonyl (C=O) groups excluding carboxylic acids is 2. The topological polar surface area (TPSA) is 121 Å². The number of methoxy groups -OCH3 is 1. The highest BCUT2D eigenvalue weighted by molar-refractivity contribution is 9.10. The van der Waals surface area contributed by atoms with Crippen molar-refractivity contribution in [3.8, 4) is 11.5 Å². The average molecular weight is 521 g/mol. The lowest BCUT2D eigenvalue weighted by Gasteiger charge is -2.09. The van der Waals surface area contributed by atoms with Crippen molar-refractivity contribution >= 4 is 45.6 Å². The largest absolute Gasteiger partial charge is 0.493 e. The maximum atomic E-state index is 12.5. The van der Waals surface area contributed by atoms with Gasteiger partial charge in [0.2, 0.25) is 0 Å². The number of benzene rings is 2. The molecule has 1 heterocycles. The van der Waals surface area contributed by atoms with Crippen LogP contribution in [0.1, 0.15) is 21.6 Å². The third kappa shape index (κ3) is 6.32. The van der Waals surface area contributed by atoms with Gasteiger partial charge in [-0.1, -0.05) is 23.7 Å². The van der Waals surface area contributed by atoms with Gasteiger partial charge >= 0.3 is 0 Å². The molecule has 3 aromatic rings. The molecule has 0 saturated heterocycles. The van der Waals surface area contributed by atoms with Crippen molar-refractivity contribution in [1.29, 1.82) is 0 Å². The molecule has 3 rings (SSSR count). The first-order chi connectivity index (χ1) is 15.4. The number of primary amides is 1. The summed E-state index contributed by atoms with van der Waals surface area (Å²) in [4.78, 5) is 23.4. The van der Waals surface area contributed by atoms with Crippen LogP contribution in [-0.4, -0.2) is 41.5 Å². The number of hydrazone groups is 1. The molecule has 2 amide bonds. The lowest BCUT2D eigenvalue weighted by atomic mass is 10.2. The predicted molar refractivity (Wildman–Crippen MR) is 123 cm³/mol. The van der Waals surface area contributed by atoms with Gasteiger partial charge in [-0.05, 0) is 57.4 Å². The number of ether oxygens (including phenoxy) is 2. The highest BCUT2D eigenvalue weighted by Crippen LogP contribution is 2.27. The summed E-state index contributed by atoms with van der Waals surface area (Å²) in [5.41, 5.74) is 9.33. The first-order valence-corrected chi connectivity index (χ1v) is 10.4. The van der Waals surface area contributed by atoms with E-state index in [9.17, 15) is 9.59 Å². The summed E-state index contributed by atoms with van der Waals surface area (Å²) in [5, 5.41) is 8.91. The van der Waals surface area contributed by atoms with Crippen LogP contribution in [0, 0.1) is 0 Å². The molecule has 32 heavy (non-hydrogen) atoms. The average Bonchev–Trinajstić information content (AvgIpc) is 3.14. The molecule has 0 aliphatic carbocycles. The van der Waals surface area contributed by atoms with Gasteiger partial charge in [0, 0.05) is 11.2 Å². The molecule has 3 N–H and O–H groups in total. The second-order valence-electron chi connectivity index (χ2n) is 6.51. The van der Waals surface area contributed by atoms with Crippen molar-refractivity contribution in [2.45, 2.75) is 6.54 Å². The number of amides is 2. The van der Waals surface area contributed by atoms with Crippen molar-refractivity contribution in [2.24, 2.45) is 10.8 Å². The van der Waals surface area contributed by atoms with Crippen molar-refractivity contribution in [2.75, 3.05) is 13.7 Å². The van der Waals surface area contributed by atoms with Gasteiger partial charge in [-0.3, -0.25) is 14.3 Å². The van der Waals surface area contributed by atoms with E-state index >= 15 is 0 Å². The molecule has 0 radical (unpaired) electrons. The fourth-order valence-electron chi connectivity index (χ4n) is 2.66. The zero-order valence-electron chi connectivity index (χ0n) is 16.9. The van der Waals surface area contributed by atoms with Crippen LogP contribution in [0.4, 0.5) is 0 Å². The van der Waals surface area contributed by atoms with E-state index in [1.165, 1.54) is 13.3 Å². The molecular weight excluding hydrogens is 502 g/mol. The van der Waals surface area contributed by atoms with Gasteiger partial charge in [0.05, 0.1) is 24.3 Å². The summed E-state index contributed by atoms with van der Waals surface area (Å²) >= 11 is 9.25. The number of nitrogens with one attached hydrogen (secondary N) is 1. The van der Waals surface area contributed by atoms with E-state index in [4.69, 9.17) is 26.8 Å². The first kappa shape index (κ1) is 23.3. The molecule has 0 bridgehead atoms. The van der Waals surface area contributed by atoms with Crippen molar-refractivity contribution < 1.29 is 19.1 Å². The van der Waals surface area contributed by atoms with E-state index in [-0.39, 0.29) is 12.3 Å². The minimum Gasteiger partial charge on any atom is -0.493 e. The quantitative estimate of drug-likeness (QED) is 0.332.